The van der Waals surface area contributed by atoms with Gasteiger partial charge in [0.2, 0.25) is 6.79 Å². The highest BCUT2D eigenvalue weighted by molar-refractivity contribution is 5.96. The minimum atomic E-state index is -0.168. The molecule has 0 atom stereocenters. The number of hydrogen-bond donors (Lipinski definition) is 1. The standard InChI is InChI=1S/C18H19NO4/c1-12(2)23-15-6-4-3-5-14(15)18(20)19-10-13-7-8-16-17(9-13)22-11-21-16/h3-9,12H,10-11H2,1-2H3,(H,19,20). The van der Waals surface area contributed by atoms with Crippen molar-refractivity contribution in [2.45, 2.75) is 26.5 Å². The summed E-state index contributed by atoms with van der Waals surface area (Å²) >= 11 is 0. The Morgan fingerprint density at radius 2 is 1.96 bits per heavy atom. The van der Waals surface area contributed by atoms with E-state index in [1.54, 1.807) is 12.1 Å². The molecule has 0 bridgehead atoms. The van der Waals surface area contributed by atoms with E-state index in [1.165, 1.54) is 0 Å². The number of carbonyl (C=O) groups excluding carboxylic acids is 1. The summed E-state index contributed by atoms with van der Waals surface area (Å²) in [6, 6.07) is 12.9. The minimum Gasteiger partial charge on any atom is -0.490 e. The zero-order chi connectivity index (χ0) is 16.2. The summed E-state index contributed by atoms with van der Waals surface area (Å²) in [5.74, 6) is 1.86. The van der Waals surface area contributed by atoms with Crippen molar-refractivity contribution in [3.8, 4) is 17.2 Å². The lowest BCUT2D eigenvalue weighted by atomic mass is 10.1. The molecular weight excluding hydrogens is 294 g/mol. The molecule has 1 N–H and O–H groups in total. The van der Waals surface area contributed by atoms with Crippen molar-refractivity contribution < 1.29 is 19.0 Å². The van der Waals surface area contributed by atoms with E-state index in [0.29, 0.717) is 23.6 Å². The van der Waals surface area contributed by atoms with Gasteiger partial charge in [-0.05, 0) is 43.7 Å². The van der Waals surface area contributed by atoms with E-state index in [9.17, 15) is 4.79 Å². The zero-order valence-electron chi connectivity index (χ0n) is 13.2. The monoisotopic (exact) mass is 313 g/mol. The predicted molar refractivity (Wildman–Crippen MR) is 85.9 cm³/mol. The van der Waals surface area contributed by atoms with E-state index in [4.69, 9.17) is 14.2 Å². The zero-order valence-corrected chi connectivity index (χ0v) is 13.2. The molecule has 1 aliphatic heterocycles. The van der Waals surface area contributed by atoms with Crippen molar-refractivity contribution in [2.24, 2.45) is 0 Å². The number of rotatable bonds is 5. The SMILES string of the molecule is CC(C)Oc1ccccc1C(=O)NCc1ccc2c(c1)OCO2. The van der Waals surface area contributed by atoms with Crippen molar-refractivity contribution in [1.82, 2.24) is 5.32 Å². The fraction of sp³-hybridized carbons (Fsp3) is 0.278. The highest BCUT2D eigenvalue weighted by Crippen LogP contribution is 2.32. The highest BCUT2D eigenvalue weighted by Gasteiger charge is 2.15. The Balaban J connectivity index is 1.68. The first-order valence-corrected chi connectivity index (χ1v) is 7.56. The number of nitrogens with one attached hydrogen (secondary N) is 1. The molecule has 0 unspecified atom stereocenters. The molecule has 1 amide bonds. The first-order valence-electron chi connectivity index (χ1n) is 7.56. The third-order valence-electron chi connectivity index (χ3n) is 3.38. The summed E-state index contributed by atoms with van der Waals surface area (Å²) in [6.07, 6.45) is 0.0119. The van der Waals surface area contributed by atoms with Crippen molar-refractivity contribution in [3.63, 3.8) is 0 Å². The second kappa shape index (κ2) is 6.60. The normalized spacial score (nSPS) is 12.3. The molecule has 2 aromatic carbocycles. The quantitative estimate of drug-likeness (QED) is 0.921. The van der Waals surface area contributed by atoms with Crippen LogP contribution in [0, 0.1) is 0 Å². The Bertz CT molecular complexity index is 712. The van der Waals surface area contributed by atoms with E-state index < -0.39 is 0 Å². The van der Waals surface area contributed by atoms with Crippen molar-refractivity contribution in [3.05, 3.63) is 53.6 Å². The van der Waals surface area contributed by atoms with Crippen molar-refractivity contribution in [2.75, 3.05) is 6.79 Å². The fourth-order valence-corrected chi connectivity index (χ4v) is 2.34. The second-order valence-corrected chi connectivity index (χ2v) is 5.53. The Kier molecular flexibility index (Phi) is 4.37. The molecule has 5 heteroatoms. The van der Waals surface area contributed by atoms with Crippen LogP contribution in [0.15, 0.2) is 42.5 Å². The maximum absolute atomic E-state index is 12.4. The number of carbonyl (C=O) groups is 1. The Morgan fingerprint density at radius 1 is 1.17 bits per heavy atom. The van der Waals surface area contributed by atoms with Crippen LogP contribution in [0.1, 0.15) is 29.8 Å². The van der Waals surface area contributed by atoms with Gasteiger partial charge in [-0.2, -0.15) is 0 Å². The molecule has 0 aromatic heterocycles. The predicted octanol–water partition coefficient (Wildman–Crippen LogP) is 3.13. The molecule has 0 spiro atoms. The van der Waals surface area contributed by atoms with E-state index in [1.807, 2.05) is 44.2 Å². The van der Waals surface area contributed by atoms with E-state index in [2.05, 4.69) is 5.32 Å². The van der Waals surface area contributed by atoms with E-state index in [-0.39, 0.29) is 18.8 Å². The molecule has 0 aliphatic carbocycles. The highest BCUT2D eigenvalue weighted by atomic mass is 16.7. The maximum Gasteiger partial charge on any atom is 0.255 e. The molecule has 0 saturated heterocycles. The number of ether oxygens (including phenoxy) is 3. The first kappa shape index (κ1) is 15.2. The summed E-state index contributed by atoms with van der Waals surface area (Å²) in [5.41, 5.74) is 1.48. The van der Waals surface area contributed by atoms with Gasteiger partial charge in [-0.15, -0.1) is 0 Å². The fourth-order valence-electron chi connectivity index (χ4n) is 2.34. The third-order valence-corrected chi connectivity index (χ3v) is 3.38. The number of hydrogen-bond acceptors (Lipinski definition) is 4. The summed E-state index contributed by atoms with van der Waals surface area (Å²) in [6.45, 7) is 4.51. The second-order valence-electron chi connectivity index (χ2n) is 5.53. The Morgan fingerprint density at radius 3 is 2.78 bits per heavy atom. The topological polar surface area (TPSA) is 56.8 Å². The van der Waals surface area contributed by atoms with Gasteiger partial charge in [-0.1, -0.05) is 18.2 Å². The Labute approximate surface area is 135 Å². The van der Waals surface area contributed by atoms with Crippen LogP contribution in [0.2, 0.25) is 0 Å². The first-order chi connectivity index (χ1) is 11.1. The summed E-state index contributed by atoms with van der Waals surface area (Å²) in [4.78, 5) is 12.4. The molecule has 1 heterocycles. The average molecular weight is 313 g/mol. The van der Waals surface area contributed by atoms with Gasteiger partial charge < -0.3 is 19.5 Å². The number of para-hydroxylation sites is 1. The Hall–Kier alpha value is -2.69. The van der Waals surface area contributed by atoms with Gasteiger partial charge in [-0.3, -0.25) is 4.79 Å². The molecule has 0 saturated carbocycles. The molecule has 0 radical (unpaired) electrons. The van der Waals surface area contributed by atoms with Crippen LogP contribution in [0.5, 0.6) is 17.2 Å². The van der Waals surface area contributed by atoms with Crippen LogP contribution in [0.25, 0.3) is 0 Å². The lowest BCUT2D eigenvalue weighted by Gasteiger charge is -2.14. The number of amides is 1. The third kappa shape index (κ3) is 3.56. The maximum atomic E-state index is 12.4. The summed E-state index contributed by atoms with van der Waals surface area (Å²) < 4.78 is 16.3. The summed E-state index contributed by atoms with van der Waals surface area (Å²) in [5, 5.41) is 2.90. The van der Waals surface area contributed by atoms with Crippen LogP contribution in [0.4, 0.5) is 0 Å². The molecule has 120 valence electrons. The molecular formula is C18H19NO4. The van der Waals surface area contributed by atoms with Crippen molar-refractivity contribution >= 4 is 5.91 Å². The molecule has 5 nitrogen and oxygen atoms in total. The number of benzene rings is 2. The van der Waals surface area contributed by atoms with Gasteiger partial charge in [0.25, 0.3) is 5.91 Å². The van der Waals surface area contributed by atoms with Gasteiger partial charge in [0.15, 0.2) is 11.5 Å². The minimum absolute atomic E-state index is 0.0119. The molecule has 0 fully saturated rings. The lowest BCUT2D eigenvalue weighted by Crippen LogP contribution is -2.24. The van der Waals surface area contributed by atoms with Crippen LogP contribution < -0.4 is 19.5 Å². The molecule has 1 aliphatic rings. The largest absolute Gasteiger partial charge is 0.490 e. The van der Waals surface area contributed by atoms with Crippen LogP contribution in [-0.2, 0) is 6.54 Å². The van der Waals surface area contributed by atoms with Gasteiger partial charge in [0.1, 0.15) is 5.75 Å². The molecule has 23 heavy (non-hydrogen) atoms. The van der Waals surface area contributed by atoms with Crippen LogP contribution in [-0.4, -0.2) is 18.8 Å². The lowest BCUT2D eigenvalue weighted by molar-refractivity contribution is 0.0945. The van der Waals surface area contributed by atoms with E-state index >= 15 is 0 Å². The van der Waals surface area contributed by atoms with E-state index in [0.717, 1.165) is 11.3 Å². The van der Waals surface area contributed by atoms with Gasteiger partial charge in [-0.25, -0.2) is 0 Å². The number of fused-ring (bicyclic) bond motifs is 1. The van der Waals surface area contributed by atoms with Crippen molar-refractivity contribution in [1.29, 1.82) is 0 Å². The van der Waals surface area contributed by atoms with Crippen LogP contribution >= 0.6 is 0 Å². The summed E-state index contributed by atoms with van der Waals surface area (Å²) in [7, 11) is 0. The smallest absolute Gasteiger partial charge is 0.255 e. The average Bonchev–Trinajstić information content (AvgIpc) is 3.00. The molecule has 3 rings (SSSR count). The van der Waals surface area contributed by atoms with Gasteiger partial charge in [0, 0.05) is 6.54 Å². The molecule has 2 aromatic rings. The van der Waals surface area contributed by atoms with Gasteiger partial charge in [0.05, 0.1) is 11.7 Å². The van der Waals surface area contributed by atoms with Gasteiger partial charge >= 0.3 is 0 Å². The van der Waals surface area contributed by atoms with Crippen LogP contribution in [0.3, 0.4) is 0 Å².